The molecule has 148 valence electrons. The fraction of sp³-hybridized carbons (Fsp3) is 0.429. The smallest absolute Gasteiger partial charge is 0.329 e. The number of aryl methyl sites for hydroxylation is 2. The van der Waals surface area contributed by atoms with Crippen molar-refractivity contribution in [1.82, 2.24) is 14.5 Å². The van der Waals surface area contributed by atoms with Crippen molar-refractivity contribution >= 4 is 21.6 Å². The van der Waals surface area contributed by atoms with Crippen molar-refractivity contribution < 1.29 is 4.74 Å². The van der Waals surface area contributed by atoms with Crippen LogP contribution in [0.2, 0.25) is 0 Å². The quantitative estimate of drug-likeness (QED) is 0.734. The zero-order valence-electron chi connectivity index (χ0n) is 16.7. The zero-order chi connectivity index (χ0) is 20.0. The monoisotopic (exact) mass is 399 g/mol. The summed E-state index contributed by atoms with van der Waals surface area (Å²) >= 11 is 1.45. The fourth-order valence-electron chi connectivity index (χ4n) is 4.13. The van der Waals surface area contributed by atoms with Gasteiger partial charge in [-0.2, -0.15) is 0 Å². The van der Waals surface area contributed by atoms with Crippen LogP contribution in [0, 0.1) is 13.8 Å². The van der Waals surface area contributed by atoms with E-state index in [-0.39, 0.29) is 17.3 Å². The Labute approximate surface area is 167 Å². The van der Waals surface area contributed by atoms with E-state index >= 15 is 0 Å². The van der Waals surface area contributed by atoms with Gasteiger partial charge in [-0.1, -0.05) is 11.6 Å². The molecule has 28 heavy (non-hydrogen) atoms. The minimum Gasteiger partial charge on any atom is -0.496 e. The number of aromatic nitrogens is 2. The number of aromatic amines is 1. The van der Waals surface area contributed by atoms with Gasteiger partial charge in [0.1, 0.15) is 10.6 Å². The molecule has 0 bridgehead atoms. The molecule has 0 radical (unpaired) electrons. The van der Waals surface area contributed by atoms with E-state index in [1.165, 1.54) is 15.9 Å². The van der Waals surface area contributed by atoms with Crippen LogP contribution >= 0.6 is 11.3 Å². The van der Waals surface area contributed by atoms with Gasteiger partial charge in [0.2, 0.25) is 0 Å². The van der Waals surface area contributed by atoms with Crippen molar-refractivity contribution in [3.05, 3.63) is 49.5 Å². The van der Waals surface area contributed by atoms with Crippen molar-refractivity contribution in [3.8, 4) is 16.9 Å². The molecule has 3 heterocycles. The molecule has 1 N–H and O–H groups in total. The molecule has 6 nitrogen and oxygen atoms in total. The number of H-pyrrole nitrogens is 1. The average Bonchev–Trinajstić information content (AvgIpc) is 2.99. The van der Waals surface area contributed by atoms with E-state index < -0.39 is 0 Å². The summed E-state index contributed by atoms with van der Waals surface area (Å²) in [5.74, 6) is 0.727. The lowest BCUT2D eigenvalue weighted by Crippen LogP contribution is -2.42. The molecule has 1 aromatic carbocycles. The maximum Gasteiger partial charge on any atom is 0.329 e. The molecule has 1 aliphatic rings. The molecule has 0 saturated carbocycles. The summed E-state index contributed by atoms with van der Waals surface area (Å²) in [6, 6.07) is 5.89. The van der Waals surface area contributed by atoms with Gasteiger partial charge in [-0.15, -0.1) is 11.3 Å². The summed E-state index contributed by atoms with van der Waals surface area (Å²) < 4.78 is 7.01. The van der Waals surface area contributed by atoms with Crippen LogP contribution in [0.15, 0.2) is 27.8 Å². The van der Waals surface area contributed by atoms with E-state index in [0.717, 1.165) is 53.2 Å². The molecule has 1 saturated heterocycles. The second kappa shape index (κ2) is 7.22. The number of methoxy groups -OCH3 is 1. The van der Waals surface area contributed by atoms with Crippen LogP contribution in [0.3, 0.4) is 0 Å². The average molecular weight is 400 g/mol. The van der Waals surface area contributed by atoms with Crippen molar-refractivity contribution in [2.45, 2.75) is 32.7 Å². The minimum absolute atomic E-state index is 0.0655. The Morgan fingerprint density at radius 1 is 1.18 bits per heavy atom. The second-order valence-electron chi connectivity index (χ2n) is 7.58. The first-order valence-corrected chi connectivity index (χ1v) is 10.3. The van der Waals surface area contributed by atoms with E-state index in [9.17, 15) is 9.59 Å². The summed E-state index contributed by atoms with van der Waals surface area (Å²) in [5.41, 5.74) is 2.34. The first-order valence-electron chi connectivity index (χ1n) is 9.52. The Kier molecular flexibility index (Phi) is 4.89. The van der Waals surface area contributed by atoms with Gasteiger partial charge in [0, 0.05) is 22.0 Å². The molecule has 1 aliphatic heterocycles. The van der Waals surface area contributed by atoms with Gasteiger partial charge in [0.25, 0.3) is 5.56 Å². The molecule has 0 amide bonds. The van der Waals surface area contributed by atoms with E-state index in [0.29, 0.717) is 10.2 Å². The molecular weight excluding hydrogens is 374 g/mol. The third-order valence-electron chi connectivity index (χ3n) is 5.63. The first kappa shape index (κ1) is 19.0. The van der Waals surface area contributed by atoms with Gasteiger partial charge in [0.05, 0.1) is 12.5 Å². The van der Waals surface area contributed by atoms with E-state index in [4.69, 9.17) is 4.74 Å². The predicted octanol–water partition coefficient (Wildman–Crippen LogP) is 3.31. The van der Waals surface area contributed by atoms with Crippen molar-refractivity contribution in [3.63, 3.8) is 0 Å². The predicted molar refractivity (Wildman–Crippen MR) is 114 cm³/mol. The fourth-order valence-corrected chi connectivity index (χ4v) is 5.18. The summed E-state index contributed by atoms with van der Waals surface area (Å²) in [5, 5.41) is 0.588. The van der Waals surface area contributed by atoms with E-state index in [1.807, 2.05) is 32.0 Å². The van der Waals surface area contributed by atoms with Gasteiger partial charge in [-0.05, 0) is 59.0 Å². The second-order valence-corrected chi connectivity index (χ2v) is 8.81. The molecular formula is C21H25N3O3S. The van der Waals surface area contributed by atoms with Gasteiger partial charge in [-0.3, -0.25) is 14.3 Å². The van der Waals surface area contributed by atoms with Gasteiger partial charge in [-0.25, -0.2) is 4.79 Å². The summed E-state index contributed by atoms with van der Waals surface area (Å²) in [4.78, 5) is 33.1. The van der Waals surface area contributed by atoms with Crippen LogP contribution < -0.4 is 16.0 Å². The highest BCUT2D eigenvalue weighted by Gasteiger charge is 2.25. The number of thiophene rings is 1. The van der Waals surface area contributed by atoms with Crippen LogP contribution in [0.5, 0.6) is 5.75 Å². The Morgan fingerprint density at radius 3 is 2.57 bits per heavy atom. The number of hydrogen-bond donors (Lipinski definition) is 1. The molecule has 4 rings (SSSR count). The standard InChI is InChI=1S/C21H25N3O3S/c1-12-5-6-16(27-4)15(11-12)17-13(2)28-19-18(17)20(25)24(21(26)22-19)14-7-9-23(3)10-8-14/h5-6,11,14H,7-10H2,1-4H3,(H,22,26). The van der Waals surface area contributed by atoms with Crippen LogP contribution in [-0.4, -0.2) is 41.7 Å². The van der Waals surface area contributed by atoms with E-state index in [2.05, 4.69) is 16.9 Å². The van der Waals surface area contributed by atoms with Gasteiger partial charge in [0.15, 0.2) is 0 Å². The number of fused-ring (bicyclic) bond motifs is 1. The highest BCUT2D eigenvalue weighted by Crippen LogP contribution is 2.40. The number of nitrogens with one attached hydrogen (secondary N) is 1. The highest BCUT2D eigenvalue weighted by molar-refractivity contribution is 7.19. The van der Waals surface area contributed by atoms with Gasteiger partial charge >= 0.3 is 5.69 Å². The number of likely N-dealkylation sites (tertiary alicyclic amines) is 1. The Morgan fingerprint density at radius 2 is 1.89 bits per heavy atom. The van der Waals surface area contributed by atoms with Crippen LogP contribution in [0.4, 0.5) is 0 Å². The molecule has 7 heteroatoms. The first-order chi connectivity index (χ1) is 13.4. The third-order valence-corrected chi connectivity index (χ3v) is 6.65. The topological polar surface area (TPSA) is 67.3 Å². The third kappa shape index (κ3) is 3.08. The lowest BCUT2D eigenvalue weighted by Gasteiger charge is -2.29. The van der Waals surface area contributed by atoms with Crippen LogP contribution in [0.25, 0.3) is 21.3 Å². The van der Waals surface area contributed by atoms with Crippen molar-refractivity contribution in [2.75, 3.05) is 27.2 Å². The number of ether oxygens (including phenoxy) is 1. The number of rotatable bonds is 3. The number of hydrogen-bond acceptors (Lipinski definition) is 5. The SMILES string of the molecule is COc1ccc(C)cc1-c1c(C)sc2[nH]c(=O)n(C3CCN(C)CC3)c(=O)c12. The molecule has 3 aromatic rings. The Hall–Kier alpha value is -2.38. The lowest BCUT2D eigenvalue weighted by molar-refractivity contribution is 0.216. The molecule has 2 aromatic heterocycles. The molecule has 0 aliphatic carbocycles. The minimum atomic E-state index is -0.309. The highest BCUT2D eigenvalue weighted by atomic mass is 32.1. The number of nitrogens with zero attached hydrogens (tertiary/aromatic N) is 2. The van der Waals surface area contributed by atoms with Crippen molar-refractivity contribution in [2.24, 2.45) is 0 Å². The van der Waals surface area contributed by atoms with Crippen LogP contribution in [0.1, 0.15) is 29.3 Å². The number of piperidine rings is 1. The maximum atomic E-state index is 13.5. The zero-order valence-corrected chi connectivity index (χ0v) is 17.5. The lowest BCUT2D eigenvalue weighted by atomic mass is 10.00. The molecule has 0 spiro atoms. The Bertz CT molecular complexity index is 1150. The van der Waals surface area contributed by atoms with Gasteiger partial charge < -0.3 is 9.64 Å². The Balaban J connectivity index is 1.98. The summed E-state index contributed by atoms with van der Waals surface area (Å²) in [6.45, 7) is 5.77. The number of benzene rings is 1. The maximum absolute atomic E-state index is 13.5. The van der Waals surface area contributed by atoms with E-state index in [1.54, 1.807) is 7.11 Å². The molecule has 0 unspecified atom stereocenters. The van der Waals surface area contributed by atoms with Crippen LogP contribution in [-0.2, 0) is 0 Å². The normalized spacial score (nSPS) is 16.0. The molecule has 0 atom stereocenters. The summed E-state index contributed by atoms with van der Waals surface area (Å²) in [7, 11) is 3.70. The largest absolute Gasteiger partial charge is 0.496 e. The molecule has 1 fully saturated rings. The summed E-state index contributed by atoms with van der Waals surface area (Å²) in [6.07, 6.45) is 1.61. The van der Waals surface area contributed by atoms with Crippen molar-refractivity contribution in [1.29, 1.82) is 0 Å².